The van der Waals surface area contributed by atoms with Crippen LogP contribution in [0, 0.1) is 0 Å². The highest BCUT2D eigenvalue weighted by atomic mass is 32.2. The fourth-order valence-electron chi connectivity index (χ4n) is 2.62. The molecule has 2 amide bonds. The van der Waals surface area contributed by atoms with Gasteiger partial charge in [0.15, 0.2) is 9.84 Å². The molecule has 0 aromatic heterocycles. The number of sulfone groups is 1. The van der Waals surface area contributed by atoms with Crippen molar-refractivity contribution in [3.05, 3.63) is 66.2 Å². The lowest BCUT2D eigenvalue weighted by molar-refractivity contribution is -0.856. The summed E-state index contributed by atoms with van der Waals surface area (Å²) in [5.41, 5.74) is 0.545. The Bertz CT molecular complexity index is 884. The molecule has 0 unspecified atom stereocenters. The van der Waals surface area contributed by atoms with Crippen molar-refractivity contribution in [1.82, 2.24) is 10.6 Å². The van der Waals surface area contributed by atoms with Crippen LogP contribution in [0.15, 0.2) is 65.6 Å². The first kappa shape index (κ1) is 21.6. The summed E-state index contributed by atoms with van der Waals surface area (Å²) in [4.78, 5) is 25.3. The maximum Gasteiger partial charge on any atom is 0.309 e. The molecule has 0 spiro atoms. The van der Waals surface area contributed by atoms with Gasteiger partial charge in [-0.1, -0.05) is 48.5 Å². The van der Waals surface area contributed by atoms with E-state index in [0.717, 1.165) is 4.90 Å². The molecule has 150 valence electrons. The van der Waals surface area contributed by atoms with E-state index in [1.807, 2.05) is 14.1 Å². The predicted molar refractivity (Wildman–Crippen MR) is 107 cm³/mol. The first-order valence-corrected chi connectivity index (χ1v) is 10.6. The molecule has 0 aliphatic rings. The first-order chi connectivity index (χ1) is 13.3. The summed E-state index contributed by atoms with van der Waals surface area (Å²) < 4.78 is 26.2. The summed E-state index contributed by atoms with van der Waals surface area (Å²) in [7, 11) is 0.118. The van der Waals surface area contributed by atoms with Gasteiger partial charge in [-0.05, 0) is 17.7 Å². The summed E-state index contributed by atoms with van der Waals surface area (Å²) in [6.07, 6.45) is 0. The highest BCUT2D eigenvalue weighted by Crippen LogP contribution is 2.28. The molecule has 2 rings (SSSR count). The third kappa shape index (κ3) is 5.90. The van der Waals surface area contributed by atoms with Crippen LogP contribution in [0.3, 0.4) is 0 Å². The summed E-state index contributed by atoms with van der Waals surface area (Å²) in [6, 6.07) is 16.7. The zero-order chi connectivity index (χ0) is 20.6. The first-order valence-electron chi connectivity index (χ1n) is 9.01. The molecule has 2 aromatic carbocycles. The minimum absolute atomic E-state index is 0.163. The Kier molecular flexibility index (Phi) is 7.71. The van der Waals surface area contributed by atoms with Gasteiger partial charge < -0.3 is 15.5 Å². The van der Waals surface area contributed by atoms with E-state index in [0.29, 0.717) is 18.7 Å². The van der Waals surface area contributed by atoms with Crippen LogP contribution in [-0.2, 0) is 19.4 Å². The number of carbonyl (C=O) groups is 2. The number of nitrogens with one attached hydrogen (secondary N) is 3. The van der Waals surface area contributed by atoms with Crippen molar-refractivity contribution in [3.8, 4) is 0 Å². The second-order valence-electron chi connectivity index (χ2n) is 6.68. The summed E-state index contributed by atoms with van der Waals surface area (Å²) in [6.45, 7) is 0.833. The van der Waals surface area contributed by atoms with Crippen molar-refractivity contribution >= 4 is 21.7 Å². The maximum atomic E-state index is 13.1. The quantitative estimate of drug-likeness (QED) is 0.521. The molecule has 1 atom stereocenters. The number of quaternary nitrogens is 1. The van der Waals surface area contributed by atoms with Gasteiger partial charge in [-0.15, -0.1) is 0 Å². The average Bonchev–Trinajstić information content (AvgIpc) is 2.69. The molecule has 0 aliphatic carbocycles. The van der Waals surface area contributed by atoms with Gasteiger partial charge in [-0.3, -0.25) is 9.59 Å². The van der Waals surface area contributed by atoms with Crippen LogP contribution in [0.25, 0.3) is 0 Å². The van der Waals surface area contributed by atoms with Crippen molar-refractivity contribution in [2.75, 3.05) is 33.7 Å². The predicted octanol–water partition coefficient (Wildman–Crippen LogP) is -0.421. The van der Waals surface area contributed by atoms with E-state index in [1.165, 1.54) is 12.1 Å². The van der Waals surface area contributed by atoms with E-state index in [2.05, 4.69) is 10.6 Å². The Balaban J connectivity index is 2.14. The van der Waals surface area contributed by atoms with Gasteiger partial charge in [0.2, 0.25) is 0 Å². The van der Waals surface area contributed by atoms with E-state index in [9.17, 15) is 18.0 Å². The third-order valence-corrected chi connectivity index (χ3v) is 6.30. The molecule has 8 heteroatoms. The van der Waals surface area contributed by atoms with E-state index >= 15 is 0 Å². The second kappa shape index (κ2) is 10.0. The Morgan fingerprint density at radius 1 is 0.893 bits per heavy atom. The number of hydrogen-bond donors (Lipinski definition) is 3. The van der Waals surface area contributed by atoms with Crippen LogP contribution in [-0.4, -0.2) is 54.0 Å². The van der Waals surface area contributed by atoms with Gasteiger partial charge in [0.25, 0.3) is 0 Å². The Morgan fingerprint density at radius 3 is 2.00 bits per heavy atom. The fraction of sp³-hybridized carbons (Fsp3) is 0.300. The van der Waals surface area contributed by atoms with E-state index in [-0.39, 0.29) is 11.4 Å². The number of likely N-dealkylation sites (N-methyl/N-ethyl adjacent to an activating group) is 1. The van der Waals surface area contributed by atoms with Crippen LogP contribution in [0.1, 0.15) is 10.8 Å². The summed E-state index contributed by atoms with van der Waals surface area (Å²) in [5.74, 6) is -1.62. The van der Waals surface area contributed by atoms with E-state index < -0.39 is 26.9 Å². The summed E-state index contributed by atoms with van der Waals surface area (Å²) in [5, 5.41) is 3.98. The maximum absolute atomic E-state index is 13.1. The van der Waals surface area contributed by atoms with Crippen molar-refractivity contribution in [3.63, 3.8) is 0 Å². The molecule has 0 aliphatic heterocycles. The van der Waals surface area contributed by atoms with Crippen molar-refractivity contribution in [2.45, 2.75) is 10.1 Å². The third-order valence-electron chi connectivity index (χ3n) is 4.18. The van der Waals surface area contributed by atoms with Gasteiger partial charge >= 0.3 is 11.8 Å². The topological polar surface area (TPSA) is 96.8 Å². The van der Waals surface area contributed by atoms with Crippen LogP contribution in [0.2, 0.25) is 0 Å². The molecular weight excluding hydrogens is 378 g/mol. The van der Waals surface area contributed by atoms with Crippen LogP contribution in [0.4, 0.5) is 0 Å². The number of rotatable bonds is 8. The normalized spacial score (nSPS) is 12.4. The smallest absolute Gasteiger partial charge is 0.309 e. The molecule has 0 saturated carbocycles. The minimum atomic E-state index is -3.75. The van der Waals surface area contributed by atoms with Gasteiger partial charge in [0.05, 0.1) is 32.1 Å². The van der Waals surface area contributed by atoms with E-state index in [4.69, 9.17) is 0 Å². The summed E-state index contributed by atoms with van der Waals surface area (Å²) >= 11 is 0. The Morgan fingerprint density at radius 2 is 1.43 bits per heavy atom. The van der Waals surface area contributed by atoms with Crippen LogP contribution < -0.4 is 15.5 Å². The molecule has 0 bridgehead atoms. The van der Waals surface area contributed by atoms with Gasteiger partial charge in [0.1, 0.15) is 5.25 Å². The number of amides is 2. The molecule has 7 nitrogen and oxygen atoms in total. The SMILES string of the molecule is C[NH+](C)CCNC(=O)C(=O)NC[C@@H](c1ccccc1)S(=O)(=O)c1ccccc1. The molecule has 0 radical (unpaired) electrons. The lowest BCUT2D eigenvalue weighted by Gasteiger charge is -2.19. The second-order valence-corrected chi connectivity index (χ2v) is 8.81. The molecule has 28 heavy (non-hydrogen) atoms. The van der Waals surface area contributed by atoms with Crippen molar-refractivity contribution < 1.29 is 22.9 Å². The fourth-order valence-corrected chi connectivity index (χ4v) is 4.30. The van der Waals surface area contributed by atoms with Gasteiger partial charge in [-0.2, -0.15) is 0 Å². The zero-order valence-corrected chi connectivity index (χ0v) is 16.8. The minimum Gasteiger partial charge on any atom is -0.346 e. The molecule has 2 aromatic rings. The molecule has 0 heterocycles. The molecule has 3 N–H and O–H groups in total. The largest absolute Gasteiger partial charge is 0.346 e. The van der Waals surface area contributed by atoms with Crippen LogP contribution >= 0.6 is 0 Å². The van der Waals surface area contributed by atoms with Crippen LogP contribution in [0.5, 0.6) is 0 Å². The molecule has 0 saturated heterocycles. The Labute approximate surface area is 165 Å². The standard InChI is InChI=1S/C20H25N3O4S/c1-23(2)14-13-21-19(24)20(25)22-15-18(16-9-5-3-6-10-16)28(26,27)17-11-7-4-8-12-17/h3-12,18H,13-15H2,1-2H3,(H,21,24)(H,22,25)/p+1/t18-/m0/s1. The highest BCUT2D eigenvalue weighted by molar-refractivity contribution is 7.91. The lowest BCUT2D eigenvalue weighted by atomic mass is 10.1. The van der Waals surface area contributed by atoms with Gasteiger partial charge in [-0.25, -0.2) is 8.42 Å². The average molecular weight is 405 g/mol. The van der Waals surface area contributed by atoms with Gasteiger partial charge in [0, 0.05) is 6.54 Å². The highest BCUT2D eigenvalue weighted by Gasteiger charge is 2.30. The monoisotopic (exact) mass is 404 g/mol. The Hall–Kier alpha value is -2.71. The molecule has 0 fully saturated rings. The van der Waals surface area contributed by atoms with E-state index in [1.54, 1.807) is 48.5 Å². The van der Waals surface area contributed by atoms with Crippen molar-refractivity contribution in [2.24, 2.45) is 0 Å². The lowest BCUT2D eigenvalue weighted by Crippen LogP contribution is -3.06. The number of carbonyl (C=O) groups excluding carboxylic acids is 2. The number of hydrogen-bond acceptors (Lipinski definition) is 4. The zero-order valence-electron chi connectivity index (χ0n) is 16.0. The van der Waals surface area contributed by atoms with Crippen molar-refractivity contribution in [1.29, 1.82) is 0 Å². The molecular formula is C20H26N3O4S+. The number of benzene rings is 2.